The number of aryl methyl sites for hydroxylation is 1. The second kappa shape index (κ2) is 5.19. The summed E-state index contributed by atoms with van der Waals surface area (Å²) in [6.07, 6.45) is 0. The summed E-state index contributed by atoms with van der Waals surface area (Å²) in [5.41, 5.74) is 2.15. The second-order valence-corrected chi connectivity index (χ2v) is 5.76. The first-order chi connectivity index (χ1) is 8.18. The summed E-state index contributed by atoms with van der Waals surface area (Å²) in [5, 5.41) is 10.1. The highest BCUT2D eigenvalue weighted by Gasteiger charge is 2.22. The van der Waals surface area contributed by atoms with Crippen molar-refractivity contribution < 1.29 is 9.90 Å². The van der Waals surface area contributed by atoms with Gasteiger partial charge in [-0.3, -0.25) is 4.79 Å². The van der Waals surface area contributed by atoms with Gasteiger partial charge in [0.2, 0.25) is 5.91 Å². The lowest BCUT2D eigenvalue weighted by Gasteiger charge is -2.25. The van der Waals surface area contributed by atoms with Gasteiger partial charge in [0.15, 0.2) is 0 Å². The SMILES string of the molecule is Cc1cc(N(C)C(=O)CCl)cc(C(C)(C)C)c1O. The number of carbonyl (C=O) groups excluding carboxylic acids is 1. The Morgan fingerprint density at radius 2 is 1.94 bits per heavy atom. The third-order valence-electron chi connectivity index (χ3n) is 2.97. The number of aromatic hydroxyl groups is 1. The number of hydrogen-bond acceptors (Lipinski definition) is 2. The van der Waals surface area contributed by atoms with Crippen LogP contribution in [-0.2, 0) is 10.2 Å². The zero-order chi connectivity index (χ0) is 14.1. The summed E-state index contributed by atoms with van der Waals surface area (Å²) in [6.45, 7) is 7.89. The second-order valence-electron chi connectivity index (χ2n) is 5.50. The van der Waals surface area contributed by atoms with Crippen LogP contribution in [0, 0.1) is 6.92 Å². The minimum Gasteiger partial charge on any atom is -0.507 e. The van der Waals surface area contributed by atoms with Crippen molar-refractivity contribution in [3.8, 4) is 5.75 Å². The highest BCUT2D eigenvalue weighted by Crippen LogP contribution is 2.36. The molecule has 100 valence electrons. The van der Waals surface area contributed by atoms with Crippen LogP contribution in [0.2, 0.25) is 0 Å². The molecule has 18 heavy (non-hydrogen) atoms. The van der Waals surface area contributed by atoms with Gasteiger partial charge in [0.25, 0.3) is 0 Å². The van der Waals surface area contributed by atoms with Gasteiger partial charge in [-0.15, -0.1) is 11.6 Å². The van der Waals surface area contributed by atoms with E-state index < -0.39 is 0 Å². The van der Waals surface area contributed by atoms with Gasteiger partial charge < -0.3 is 10.0 Å². The van der Waals surface area contributed by atoms with Crippen LogP contribution in [0.3, 0.4) is 0 Å². The van der Waals surface area contributed by atoms with Crippen molar-refractivity contribution in [2.24, 2.45) is 0 Å². The summed E-state index contributed by atoms with van der Waals surface area (Å²) in [4.78, 5) is 13.1. The van der Waals surface area contributed by atoms with Crippen LogP contribution in [0.4, 0.5) is 5.69 Å². The van der Waals surface area contributed by atoms with Gasteiger partial charge in [-0.05, 0) is 30.0 Å². The Balaban J connectivity index is 3.33. The van der Waals surface area contributed by atoms with Crippen LogP contribution in [0.25, 0.3) is 0 Å². The summed E-state index contributed by atoms with van der Waals surface area (Å²) in [7, 11) is 1.68. The van der Waals surface area contributed by atoms with E-state index >= 15 is 0 Å². The van der Waals surface area contributed by atoms with Gasteiger partial charge in [0, 0.05) is 18.3 Å². The van der Waals surface area contributed by atoms with Crippen LogP contribution < -0.4 is 4.90 Å². The normalized spacial score (nSPS) is 11.4. The maximum atomic E-state index is 11.6. The number of halogens is 1. The lowest BCUT2D eigenvalue weighted by molar-refractivity contribution is -0.116. The van der Waals surface area contributed by atoms with Crippen molar-refractivity contribution in [1.82, 2.24) is 0 Å². The zero-order valence-electron chi connectivity index (χ0n) is 11.5. The molecule has 0 saturated heterocycles. The molecule has 0 bridgehead atoms. The van der Waals surface area contributed by atoms with Crippen LogP contribution in [0.1, 0.15) is 31.9 Å². The fourth-order valence-electron chi connectivity index (χ4n) is 1.76. The van der Waals surface area contributed by atoms with Crippen molar-refractivity contribution in [3.05, 3.63) is 23.3 Å². The number of amides is 1. The lowest BCUT2D eigenvalue weighted by atomic mass is 9.85. The molecule has 1 aromatic carbocycles. The smallest absolute Gasteiger partial charge is 0.241 e. The third-order valence-corrected chi connectivity index (χ3v) is 3.20. The summed E-state index contributed by atoms with van der Waals surface area (Å²) in [6, 6.07) is 3.63. The Morgan fingerprint density at radius 3 is 2.39 bits per heavy atom. The number of nitrogens with zero attached hydrogens (tertiary/aromatic N) is 1. The number of carbonyl (C=O) groups is 1. The van der Waals surface area contributed by atoms with E-state index in [2.05, 4.69) is 0 Å². The van der Waals surface area contributed by atoms with E-state index in [-0.39, 0.29) is 23.0 Å². The summed E-state index contributed by atoms with van der Waals surface area (Å²) in [5.74, 6) is 0.0703. The Morgan fingerprint density at radius 1 is 1.39 bits per heavy atom. The van der Waals surface area contributed by atoms with E-state index in [1.54, 1.807) is 13.1 Å². The van der Waals surface area contributed by atoms with Gasteiger partial charge >= 0.3 is 0 Å². The predicted molar refractivity (Wildman–Crippen MR) is 75.7 cm³/mol. The van der Waals surface area contributed by atoms with Gasteiger partial charge in [-0.1, -0.05) is 20.8 Å². The first kappa shape index (κ1) is 14.8. The number of benzene rings is 1. The minimum absolute atomic E-state index is 0.0543. The molecule has 4 heteroatoms. The Labute approximate surface area is 113 Å². The quantitative estimate of drug-likeness (QED) is 0.838. The molecule has 0 aliphatic rings. The van der Waals surface area contributed by atoms with Crippen LogP contribution in [-0.4, -0.2) is 23.9 Å². The van der Waals surface area contributed by atoms with Gasteiger partial charge in [-0.25, -0.2) is 0 Å². The molecule has 0 fully saturated rings. The number of phenolic OH excluding ortho intramolecular Hbond substituents is 1. The molecule has 1 N–H and O–H groups in total. The van der Waals surface area contributed by atoms with Crippen molar-refractivity contribution >= 4 is 23.2 Å². The molecule has 0 unspecified atom stereocenters. The van der Waals surface area contributed by atoms with Crippen molar-refractivity contribution in [1.29, 1.82) is 0 Å². The molecule has 0 heterocycles. The van der Waals surface area contributed by atoms with E-state index in [0.717, 1.165) is 16.8 Å². The number of anilines is 1. The van der Waals surface area contributed by atoms with E-state index in [1.807, 2.05) is 33.8 Å². The topological polar surface area (TPSA) is 40.5 Å². The highest BCUT2D eigenvalue weighted by atomic mass is 35.5. The van der Waals surface area contributed by atoms with Crippen molar-refractivity contribution in [2.75, 3.05) is 17.8 Å². The molecule has 1 aromatic rings. The molecule has 0 aliphatic carbocycles. The van der Waals surface area contributed by atoms with Crippen LogP contribution in [0.5, 0.6) is 5.75 Å². The fourth-order valence-corrected chi connectivity index (χ4v) is 1.94. The Kier molecular flexibility index (Phi) is 4.28. The minimum atomic E-state index is -0.185. The molecule has 0 aliphatic heterocycles. The van der Waals surface area contributed by atoms with Gasteiger partial charge in [0.1, 0.15) is 11.6 Å². The molecule has 1 amide bonds. The first-order valence-electron chi connectivity index (χ1n) is 5.85. The maximum Gasteiger partial charge on any atom is 0.241 e. The van der Waals surface area contributed by atoms with Gasteiger partial charge in [0.05, 0.1) is 0 Å². The predicted octanol–water partition coefficient (Wildman–Crippen LogP) is 3.20. The van der Waals surface area contributed by atoms with E-state index in [1.165, 1.54) is 4.90 Å². The molecular weight excluding hydrogens is 250 g/mol. The van der Waals surface area contributed by atoms with E-state index in [4.69, 9.17) is 11.6 Å². The van der Waals surface area contributed by atoms with Crippen molar-refractivity contribution in [3.63, 3.8) is 0 Å². The van der Waals surface area contributed by atoms with Gasteiger partial charge in [-0.2, -0.15) is 0 Å². The Bertz CT molecular complexity index is 464. The molecule has 0 saturated carbocycles. The van der Waals surface area contributed by atoms with E-state index in [9.17, 15) is 9.90 Å². The summed E-state index contributed by atoms with van der Waals surface area (Å²) < 4.78 is 0. The zero-order valence-corrected chi connectivity index (χ0v) is 12.3. The molecule has 0 aromatic heterocycles. The number of rotatable bonds is 2. The molecule has 3 nitrogen and oxygen atoms in total. The summed E-state index contributed by atoms with van der Waals surface area (Å²) >= 11 is 5.56. The molecule has 1 rings (SSSR count). The molecule has 0 spiro atoms. The number of hydrogen-bond donors (Lipinski definition) is 1. The first-order valence-corrected chi connectivity index (χ1v) is 6.38. The molecule has 0 atom stereocenters. The largest absolute Gasteiger partial charge is 0.507 e. The third kappa shape index (κ3) is 2.96. The maximum absolute atomic E-state index is 11.6. The average molecular weight is 270 g/mol. The standard InChI is InChI=1S/C14H20ClNO2/c1-9-6-10(16(5)12(17)8-15)7-11(13(9)18)14(2,3)4/h6-7,18H,8H2,1-5H3. The molecular formula is C14H20ClNO2. The monoisotopic (exact) mass is 269 g/mol. The number of phenols is 1. The molecule has 0 radical (unpaired) electrons. The van der Waals surface area contributed by atoms with Crippen molar-refractivity contribution in [2.45, 2.75) is 33.1 Å². The average Bonchev–Trinajstić information content (AvgIpc) is 2.28. The lowest BCUT2D eigenvalue weighted by Crippen LogP contribution is -2.27. The van der Waals surface area contributed by atoms with E-state index in [0.29, 0.717) is 0 Å². The fraction of sp³-hybridized carbons (Fsp3) is 0.500. The Hall–Kier alpha value is -1.22. The number of alkyl halides is 1. The van der Waals surface area contributed by atoms with Crippen LogP contribution >= 0.6 is 11.6 Å². The van der Waals surface area contributed by atoms with Crippen LogP contribution in [0.15, 0.2) is 12.1 Å². The highest BCUT2D eigenvalue weighted by molar-refractivity contribution is 6.29.